The summed E-state index contributed by atoms with van der Waals surface area (Å²) in [6.45, 7) is 3.94. The first-order valence-corrected chi connectivity index (χ1v) is 10.9. The van der Waals surface area contributed by atoms with E-state index < -0.39 is 0 Å². The number of likely N-dealkylation sites (tertiary alicyclic amines) is 1. The Morgan fingerprint density at radius 2 is 2.21 bits per heavy atom. The Balaban J connectivity index is 0.00000225. The summed E-state index contributed by atoms with van der Waals surface area (Å²) in [4.78, 5) is 37.1. The van der Waals surface area contributed by atoms with Crippen molar-refractivity contribution in [1.82, 2.24) is 20.2 Å². The van der Waals surface area contributed by atoms with Crippen molar-refractivity contribution in [2.45, 2.75) is 57.9 Å². The van der Waals surface area contributed by atoms with E-state index in [0.717, 1.165) is 55.4 Å². The molecule has 2 aromatic heterocycles. The summed E-state index contributed by atoms with van der Waals surface area (Å²) >= 11 is 1.66. The number of aromatic nitrogens is 2. The van der Waals surface area contributed by atoms with Crippen molar-refractivity contribution < 1.29 is 4.79 Å². The van der Waals surface area contributed by atoms with E-state index in [9.17, 15) is 9.59 Å². The fraction of sp³-hybridized carbons (Fsp3) is 0.650. The number of likely N-dealkylation sites (N-methyl/N-ethyl adjacent to an activating group) is 1. The average molecular weight is 425 g/mol. The number of nitrogens with one attached hydrogen (secondary N) is 2. The SMILES string of the molecule is CNCC1CCCN1C(=O)CCc1nc2sc3c(c2c(=O)[nH]1)CCC(C)C3.Cl. The molecule has 3 heterocycles. The Bertz CT molecular complexity index is 909. The molecule has 1 saturated heterocycles. The number of carbonyl (C=O) groups is 1. The van der Waals surface area contributed by atoms with Crippen molar-refractivity contribution in [3.63, 3.8) is 0 Å². The van der Waals surface area contributed by atoms with Gasteiger partial charge in [0.25, 0.3) is 5.56 Å². The Labute approximate surface area is 175 Å². The first-order valence-electron chi connectivity index (χ1n) is 10.0. The second-order valence-corrected chi connectivity index (χ2v) is 9.07. The molecule has 8 heteroatoms. The predicted molar refractivity (Wildman–Crippen MR) is 116 cm³/mol. The zero-order valence-corrected chi connectivity index (χ0v) is 18.2. The predicted octanol–water partition coefficient (Wildman–Crippen LogP) is 2.67. The van der Waals surface area contributed by atoms with E-state index in [1.165, 1.54) is 10.4 Å². The minimum atomic E-state index is -0.0382. The highest BCUT2D eigenvalue weighted by Crippen LogP contribution is 2.35. The van der Waals surface area contributed by atoms with Gasteiger partial charge in [0.15, 0.2) is 0 Å². The topological polar surface area (TPSA) is 78.1 Å². The molecule has 2 aromatic rings. The number of nitrogens with zero attached hydrogens (tertiary/aromatic N) is 2. The van der Waals surface area contributed by atoms with Crippen LogP contribution in [0, 0.1) is 5.92 Å². The van der Waals surface area contributed by atoms with Crippen molar-refractivity contribution in [3.05, 3.63) is 26.6 Å². The molecule has 2 aliphatic rings. The highest BCUT2D eigenvalue weighted by atomic mass is 35.5. The van der Waals surface area contributed by atoms with Gasteiger partial charge in [0.2, 0.25) is 5.91 Å². The Kier molecular flexibility index (Phi) is 6.78. The normalized spacial score (nSPS) is 21.6. The number of amides is 1. The molecule has 2 N–H and O–H groups in total. The quantitative estimate of drug-likeness (QED) is 0.773. The van der Waals surface area contributed by atoms with Crippen molar-refractivity contribution in [2.24, 2.45) is 5.92 Å². The van der Waals surface area contributed by atoms with Gasteiger partial charge in [0.05, 0.1) is 5.39 Å². The lowest BCUT2D eigenvalue weighted by molar-refractivity contribution is -0.131. The molecule has 0 saturated carbocycles. The maximum Gasteiger partial charge on any atom is 0.259 e. The zero-order chi connectivity index (χ0) is 19.0. The molecule has 4 rings (SSSR count). The van der Waals surface area contributed by atoms with Gasteiger partial charge in [-0.15, -0.1) is 23.7 Å². The molecule has 0 spiro atoms. The Morgan fingerprint density at radius 1 is 1.39 bits per heavy atom. The Morgan fingerprint density at radius 3 is 3.00 bits per heavy atom. The van der Waals surface area contributed by atoms with Gasteiger partial charge in [-0.05, 0) is 50.6 Å². The molecule has 28 heavy (non-hydrogen) atoms. The van der Waals surface area contributed by atoms with Crippen LogP contribution in [-0.2, 0) is 24.1 Å². The van der Waals surface area contributed by atoms with Crippen LogP contribution in [0.5, 0.6) is 0 Å². The third-order valence-electron chi connectivity index (χ3n) is 5.93. The van der Waals surface area contributed by atoms with Crippen LogP contribution < -0.4 is 10.9 Å². The number of halogens is 1. The number of carbonyl (C=O) groups excluding carboxylic acids is 1. The van der Waals surface area contributed by atoms with Crippen LogP contribution in [0.25, 0.3) is 10.2 Å². The number of hydrogen-bond acceptors (Lipinski definition) is 5. The molecule has 1 amide bonds. The van der Waals surface area contributed by atoms with Gasteiger partial charge in [-0.25, -0.2) is 4.98 Å². The van der Waals surface area contributed by atoms with Gasteiger partial charge in [0.1, 0.15) is 10.7 Å². The summed E-state index contributed by atoms with van der Waals surface area (Å²) in [5.41, 5.74) is 1.17. The molecule has 1 fully saturated rings. The van der Waals surface area contributed by atoms with Crippen molar-refractivity contribution in [3.8, 4) is 0 Å². The zero-order valence-electron chi connectivity index (χ0n) is 16.5. The number of aryl methyl sites for hydroxylation is 2. The van der Waals surface area contributed by atoms with Crippen molar-refractivity contribution in [2.75, 3.05) is 20.1 Å². The first kappa shape index (κ1) is 21.3. The molecular weight excluding hydrogens is 396 g/mol. The van der Waals surface area contributed by atoms with Crippen LogP contribution in [0.1, 0.15) is 48.9 Å². The average Bonchev–Trinajstić information content (AvgIpc) is 3.23. The largest absolute Gasteiger partial charge is 0.338 e. The Hall–Kier alpha value is -1.44. The van der Waals surface area contributed by atoms with E-state index in [2.05, 4.69) is 17.2 Å². The lowest BCUT2D eigenvalue weighted by Gasteiger charge is -2.24. The second-order valence-electron chi connectivity index (χ2n) is 7.99. The number of thiophene rings is 1. The lowest BCUT2D eigenvalue weighted by atomic mass is 9.89. The minimum absolute atomic E-state index is 0. The minimum Gasteiger partial charge on any atom is -0.338 e. The number of fused-ring (bicyclic) bond motifs is 3. The van der Waals surface area contributed by atoms with Crippen LogP contribution >= 0.6 is 23.7 Å². The third-order valence-corrected chi connectivity index (χ3v) is 7.08. The number of H-pyrrole nitrogens is 1. The van der Waals surface area contributed by atoms with Gasteiger partial charge in [0, 0.05) is 36.9 Å². The van der Waals surface area contributed by atoms with Crippen LogP contribution in [0.2, 0.25) is 0 Å². The van der Waals surface area contributed by atoms with Gasteiger partial charge in [-0.1, -0.05) is 6.92 Å². The van der Waals surface area contributed by atoms with Crippen molar-refractivity contribution >= 4 is 39.9 Å². The number of aromatic amines is 1. The summed E-state index contributed by atoms with van der Waals surface area (Å²) in [7, 11) is 1.92. The summed E-state index contributed by atoms with van der Waals surface area (Å²) in [6, 6.07) is 0.294. The smallest absolute Gasteiger partial charge is 0.259 e. The van der Waals surface area contributed by atoms with Crippen LogP contribution in [0.15, 0.2) is 4.79 Å². The van der Waals surface area contributed by atoms with Crippen LogP contribution in [-0.4, -0.2) is 47.0 Å². The first-order chi connectivity index (χ1) is 13.1. The summed E-state index contributed by atoms with van der Waals surface area (Å²) < 4.78 is 0. The van der Waals surface area contributed by atoms with E-state index >= 15 is 0 Å². The maximum absolute atomic E-state index is 12.7. The standard InChI is InChI=1S/C20H28N4O2S.ClH/c1-12-5-6-14-15(10-12)27-20-18(14)19(26)22-16(23-20)7-8-17(25)24-9-3-4-13(24)11-21-2;/h12-13,21H,3-11H2,1-2H3,(H,22,23,26);1H. The van der Waals surface area contributed by atoms with Crippen LogP contribution in [0.4, 0.5) is 0 Å². The van der Waals surface area contributed by atoms with E-state index in [1.54, 1.807) is 11.3 Å². The number of hydrogen-bond donors (Lipinski definition) is 2. The summed E-state index contributed by atoms with van der Waals surface area (Å²) in [5, 5.41) is 3.95. The molecule has 1 aliphatic carbocycles. The van der Waals surface area contributed by atoms with E-state index in [-0.39, 0.29) is 23.9 Å². The summed E-state index contributed by atoms with van der Waals surface area (Å²) in [6.07, 6.45) is 6.18. The van der Waals surface area contributed by atoms with Gasteiger partial charge >= 0.3 is 0 Å². The van der Waals surface area contributed by atoms with E-state index in [0.29, 0.717) is 30.6 Å². The van der Waals surface area contributed by atoms with E-state index in [1.807, 2.05) is 11.9 Å². The van der Waals surface area contributed by atoms with Crippen molar-refractivity contribution in [1.29, 1.82) is 0 Å². The summed E-state index contributed by atoms with van der Waals surface area (Å²) in [5.74, 6) is 1.47. The monoisotopic (exact) mass is 424 g/mol. The third kappa shape index (κ3) is 4.11. The maximum atomic E-state index is 12.7. The molecule has 1 aliphatic heterocycles. The fourth-order valence-corrected chi connectivity index (χ4v) is 5.89. The van der Waals surface area contributed by atoms with Gasteiger partial charge in [-0.2, -0.15) is 0 Å². The van der Waals surface area contributed by atoms with Crippen LogP contribution in [0.3, 0.4) is 0 Å². The van der Waals surface area contributed by atoms with Gasteiger partial charge in [-0.3, -0.25) is 9.59 Å². The molecule has 0 aromatic carbocycles. The molecule has 2 unspecified atom stereocenters. The highest BCUT2D eigenvalue weighted by molar-refractivity contribution is 7.18. The fourth-order valence-electron chi connectivity index (χ4n) is 4.49. The molecule has 2 atom stereocenters. The molecule has 154 valence electrons. The molecule has 0 bridgehead atoms. The highest BCUT2D eigenvalue weighted by Gasteiger charge is 2.28. The molecular formula is C20H29ClN4O2S. The second kappa shape index (κ2) is 8.93. The lowest BCUT2D eigenvalue weighted by Crippen LogP contribution is -2.41. The molecule has 0 radical (unpaired) electrons. The number of rotatable bonds is 5. The van der Waals surface area contributed by atoms with E-state index in [4.69, 9.17) is 4.98 Å². The van der Waals surface area contributed by atoms with Gasteiger partial charge < -0.3 is 15.2 Å². The molecule has 6 nitrogen and oxygen atoms in total.